The molecule has 0 aliphatic carbocycles. The van der Waals surface area contributed by atoms with Crippen LogP contribution in [-0.2, 0) is 6.54 Å². The number of hydrogen-bond acceptors (Lipinski definition) is 3. The molecule has 0 spiro atoms. The third-order valence-corrected chi connectivity index (χ3v) is 2.95. The topological polar surface area (TPSA) is 28.2 Å². The van der Waals surface area contributed by atoms with E-state index in [0.717, 1.165) is 31.9 Å². The first-order valence-electron chi connectivity index (χ1n) is 5.79. The number of nitrogens with one attached hydrogen (secondary N) is 1. The molecule has 0 unspecified atom stereocenters. The Balaban J connectivity index is 2.11. The fourth-order valence-electron chi connectivity index (χ4n) is 1.93. The summed E-state index contributed by atoms with van der Waals surface area (Å²) >= 11 is 0. The predicted octanol–water partition coefficient (Wildman–Crippen LogP) is 1.96. The highest BCUT2D eigenvalue weighted by Crippen LogP contribution is 2.18. The molecule has 1 aliphatic rings. The molecule has 1 aromatic rings. The van der Waals surface area contributed by atoms with Gasteiger partial charge in [0.25, 0.3) is 0 Å². The molecule has 2 rings (SSSR count). The lowest BCUT2D eigenvalue weighted by Crippen LogP contribution is -2.29. The minimum atomic E-state index is 0.901. The van der Waals surface area contributed by atoms with Gasteiger partial charge in [0.05, 0.1) is 0 Å². The molecule has 0 aromatic carbocycles. The summed E-state index contributed by atoms with van der Waals surface area (Å²) in [5.74, 6) is 1.09. The second-order valence-corrected chi connectivity index (χ2v) is 4.30. The van der Waals surface area contributed by atoms with Gasteiger partial charge >= 0.3 is 0 Å². The Labute approximate surface area is 97.2 Å². The van der Waals surface area contributed by atoms with Crippen molar-refractivity contribution in [3.8, 4) is 0 Å². The third kappa shape index (κ3) is 2.61. The number of rotatable bonds is 3. The number of hydrogen-bond donors (Lipinski definition) is 1. The molecule has 1 aromatic heterocycles. The molecule has 0 saturated carbocycles. The van der Waals surface area contributed by atoms with Crippen molar-refractivity contribution in [3.05, 3.63) is 35.5 Å². The Bertz CT molecular complexity index is 385. The van der Waals surface area contributed by atoms with Crippen LogP contribution in [0.3, 0.4) is 0 Å². The zero-order valence-corrected chi connectivity index (χ0v) is 10.0. The molecular weight excluding hydrogens is 198 g/mol. The Morgan fingerprint density at radius 3 is 3.06 bits per heavy atom. The molecule has 3 heteroatoms. The smallest absolute Gasteiger partial charge is 0.129 e. The molecule has 3 nitrogen and oxygen atoms in total. The molecule has 0 radical (unpaired) electrons. The van der Waals surface area contributed by atoms with Crippen molar-refractivity contribution in [3.63, 3.8) is 0 Å². The summed E-state index contributed by atoms with van der Waals surface area (Å²) in [6.45, 7) is 5.17. The molecule has 0 saturated heterocycles. The van der Waals surface area contributed by atoms with Crippen molar-refractivity contribution in [2.75, 3.05) is 25.0 Å². The summed E-state index contributed by atoms with van der Waals surface area (Å²) < 4.78 is 0. The van der Waals surface area contributed by atoms with Crippen LogP contribution < -0.4 is 10.2 Å². The van der Waals surface area contributed by atoms with Crippen molar-refractivity contribution in [1.29, 1.82) is 0 Å². The average molecular weight is 217 g/mol. The van der Waals surface area contributed by atoms with Gasteiger partial charge in [-0.25, -0.2) is 4.98 Å². The van der Waals surface area contributed by atoms with Gasteiger partial charge in [0.2, 0.25) is 0 Å². The SMILES string of the molecule is CNCc1ccnc(N2CC=C(C)CC2)c1. The van der Waals surface area contributed by atoms with Gasteiger partial charge in [0.15, 0.2) is 0 Å². The molecule has 16 heavy (non-hydrogen) atoms. The average Bonchev–Trinajstić information content (AvgIpc) is 2.31. The van der Waals surface area contributed by atoms with Crippen LogP contribution >= 0.6 is 0 Å². The van der Waals surface area contributed by atoms with Crippen LogP contribution in [0.25, 0.3) is 0 Å². The molecule has 0 bridgehead atoms. The second-order valence-electron chi connectivity index (χ2n) is 4.30. The summed E-state index contributed by atoms with van der Waals surface area (Å²) in [4.78, 5) is 6.76. The molecular formula is C13H19N3. The highest BCUT2D eigenvalue weighted by Gasteiger charge is 2.11. The summed E-state index contributed by atoms with van der Waals surface area (Å²) in [7, 11) is 1.97. The van der Waals surface area contributed by atoms with Gasteiger partial charge in [-0.2, -0.15) is 0 Å². The van der Waals surface area contributed by atoms with Crippen molar-refractivity contribution in [2.24, 2.45) is 0 Å². The monoisotopic (exact) mass is 217 g/mol. The first-order chi connectivity index (χ1) is 7.79. The van der Waals surface area contributed by atoms with E-state index in [1.165, 1.54) is 11.1 Å². The van der Waals surface area contributed by atoms with Gasteiger partial charge in [0.1, 0.15) is 5.82 Å². The summed E-state index contributed by atoms with van der Waals surface area (Å²) in [6.07, 6.45) is 5.33. The number of aromatic nitrogens is 1. The zero-order valence-electron chi connectivity index (χ0n) is 10.0. The molecule has 0 fully saturated rings. The van der Waals surface area contributed by atoms with Crippen LogP contribution in [-0.4, -0.2) is 25.1 Å². The van der Waals surface area contributed by atoms with Gasteiger partial charge in [-0.05, 0) is 38.1 Å². The fourth-order valence-corrected chi connectivity index (χ4v) is 1.93. The Hall–Kier alpha value is -1.35. The fraction of sp³-hybridized carbons (Fsp3) is 0.462. The van der Waals surface area contributed by atoms with E-state index in [0.29, 0.717) is 0 Å². The standard InChI is InChI=1S/C13H19N3/c1-11-4-7-16(8-5-11)13-9-12(10-14-2)3-6-15-13/h3-4,6,9,14H,5,7-8,10H2,1-2H3. The third-order valence-electron chi connectivity index (χ3n) is 2.95. The van der Waals surface area contributed by atoms with Crippen LogP contribution in [0.1, 0.15) is 18.9 Å². The molecule has 1 N–H and O–H groups in total. The largest absolute Gasteiger partial charge is 0.353 e. The Morgan fingerprint density at radius 1 is 1.50 bits per heavy atom. The minimum absolute atomic E-state index is 0.901. The van der Waals surface area contributed by atoms with Crippen LogP contribution in [0.2, 0.25) is 0 Å². The maximum atomic E-state index is 4.44. The Morgan fingerprint density at radius 2 is 2.38 bits per heavy atom. The van der Waals surface area contributed by atoms with Crippen LogP contribution in [0, 0.1) is 0 Å². The van der Waals surface area contributed by atoms with Crippen molar-refractivity contribution < 1.29 is 0 Å². The number of anilines is 1. The lowest BCUT2D eigenvalue weighted by Gasteiger charge is -2.26. The zero-order chi connectivity index (χ0) is 11.4. The van der Waals surface area contributed by atoms with Gasteiger partial charge in [0, 0.05) is 25.8 Å². The van der Waals surface area contributed by atoms with E-state index in [9.17, 15) is 0 Å². The predicted molar refractivity (Wildman–Crippen MR) is 67.6 cm³/mol. The van der Waals surface area contributed by atoms with E-state index in [1.54, 1.807) is 0 Å². The molecule has 0 atom stereocenters. The van der Waals surface area contributed by atoms with E-state index in [-0.39, 0.29) is 0 Å². The lowest BCUT2D eigenvalue weighted by molar-refractivity contribution is 0.769. The van der Waals surface area contributed by atoms with E-state index in [2.05, 4.69) is 40.3 Å². The maximum Gasteiger partial charge on any atom is 0.129 e. The van der Waals surface area contributed by atoms with E-state index >= 15 is 0 Å². The molecule has 1 aliphatic heterocycles. The first-order valence-corrected chi connectivity index (χ1v) is 5.79. The van der Waals surface area contributed by atoms with Gasteiger partial charge < -0.3 is 10.2 Å². The van der Waals surface area contributed by atoms with Crippen LogP contribution in [0.4, 0.5) is 5.82 Å². The molecule has 0 amide bonds. The van der Waals surface area contributed by atoms with Gasteiger partial charge in [-0.15, -0.1) is 0 Å². The Kier molecular flexibility index (Phi) is 3.57. The second kappa shape index (κ2) is 5.12. The lowest BCUT2D eigenvalue weighted by atomic mass is 10.1. The molecule has 2 heterocycles. The minimum Gasteiger partial charge on any atom is -0.353 e. The van der Waals surface area contributed by atoms with Crippen molar-refractivity contribution in [2.45, 2.75) is 19.9 Å². The van der Waals surface area contributed by atoms with Gasteiger partial charge in [-0.3, -0.25) is 0 Å². The summed E-state index contributed by atoms with van der Waals surface area (Å²) in [5.41, 5.74) is 2.78. The van der Waals surface area contributed by atoms with E-state index in [4.69, 9.17) is 0 Å². The van der Waals surface area contributed by atoms with E-state index in [1.807, 2.05) is 13.2 Å². The van der Waals surface area contributed by atoms with Crippen molar-refractivity contribution >= 4 is 5.82 Å². The van der Waals surface area contributed by atoms with Gasteiger partial charge in [-0.1, -0.05) is 11.6 Å². The van der Waals surface area contributed by atoms with Crippen LogP contribution in [0.5, 0.6) is 0 Å². The number of pyridine rings is 1. The highest BCUT2D eigenvalue weighted by atomic mass is 15.2. The highest BCUT2D eigenvalue weighted by molar-refractivity contribution is 5.43. The van der Waals surface area contributed by atoms with Crippen LogP contribution in [0.15, 0.2) is 30.0 Å². The summed E-state index contributed by atoms with van der Waals surface area (Å²) in [5, 5.41) is 3.16. The number of nitrogens with zero attached hydrogens (tertiary/aromatic N) is 2. The normalized spacial score (nSPS) is 16.1. The molecule has 86 valence electrons. The quantitative estimate of drug-likeness (QED) is 0.784. The van der Waals surface area contributed by atoms with E-state index < -0.39 is 0 Å². The van der Waals surface area contributed by atoms with Crippen molar-refractivity contribution in [1.82, 2.24) is 10.3 Å². The first kappa shape index (κ1) is 11.1. The summed E-state index contributed by atoms with van der Waals surface area (Å²) in [6, 6.07) is 4.23. The maximum absolute atomic E-state index is 4.44.